The van der Waals surface area contributed by atoms with Crippen molar-refractivity contribution >= 4 is 0 Å². The summed E-state index contributed by atoms with van der Waals surface area (Å²) in [5.74, 6) is -1.35. The second kappa shape index (κ2) is 6.73. The highest BCUT2D eigenvalue weighted by molar-refractivity contribution is 5.31. The second-order valence-corrected chi connectivity index (χ2v) is 6.28. The van der Waals surface area contributed by atoms with Gasteiger partial charge in [0, 0.05) is 12.6 Å². The summed E-state index contributed by atoms with van der Waals surface area (Å²) in [6.07, 6.45) is 8.60. The van der Waals surface area contributed by atoms with Gasteiger partial charge in [0.1, 0.15) is 0 Å². The van der Waals surface area contributed by atoms with E-state index in [1.165, 1.54) is 25.0 Å². The van der Waals surface area contributed by atoms with Crippen LogP contribution in [0.2, 0.25) is 0 Å². The van der Waals surface area contributed by atoms with Gasteiger partial charge in [0.05, 0.1) is 6.10 Å². The number of hydrogen-bond donors (Lipinski definition) is 1. The van der Waals surface area contributed by atoms with Crippen molar-refractivity contribution in [1.29, 1.82) is 0 Å². The zero-order valence-corrected chi connectivity index (χ0v) is 12.3. The molecule has 0 radical (unpaired) electrons. The minimum atomic E-state index is -0.577. The van der Waals surface area contributed by atoms with Gasteiger partial charge in [0.2, 0.25) is 0 Å². The summed E-state index contributed by atoms with van der Waals surface area (Å²) in [5.41, 5.74) is 0.644. The molecule has 4 heteroatoms. The maximum Gasteiger partial charge on any atom is 0.191 e. The quantitative estimate of drug-likeness (QED) is 0.817. The van der Waals surface area contributed by atoms with Gasteiger partial charge in [-0.3, -0.25) is 0 Å². The Balaban J connectivity index is 1.65. The van der Waals surface area contributed by atoms with Gasteiger partial charge >= 0.3 is 0 Å². The van der Waals surface area contributed by atoms with Gasteiger partial charge in [0.25, 0.3) is 0 Å². The Labute approximate surface area is 124 Å². The highest BCUT2D eigenvalue weighted by atomic mass is 19.1. The first-order valence-electron chi connectivity index (χ1n) is 8.10. The van der Waals surface area contributed by atoms with Crippen LogP contribution in [-0.4, -0.2) is 12.1 Å². The standard InChI is InChI=1S/C17H23F2NO/c18-15-9-12(11-20-13-7-8-13)10-16(19)17(15)21-14-5-3-1-2-4-6-14/h9-10,13-14,20H,1-8,11H2. The number of rotatable bonds is 5. The highest BCUT2D eigenvalue weighted by Crippen LogP contribution is 2.28. The predicted molar refractivity (Wildman–Crippen MR) is 78.3 cm³/mol. The lowest BCUT2D eigenvalue weighted by molar-refractivity contribution is 0.167. The zero-order valence-electron chi connectivity index (χ0n) is 12.3. The van der Waals surface area contributed by atoms with Crippen LogP contribution < -0.4 is 10.1 Å². The molecule has 2 saturated carbocycles. The summed E-state index contributed by atoms with van der Waals surface area (Å²) >= 11 is 0. The number of ether oxygens (including phenoxy) is 1. The van der Waals surface area contributed by atoms with Crippen LogP contribution >= 0.6 is 0 Å². The molecule has 0 amide bonds. The van der Waals surface area contributed by atoms with Crippen molar-refractivity contribution < 1.29 is 13.5 Å². The molecule has 2 aliphatic carbocycles. The molecule has 1 aromatic carbocycles. The molecule has 21 heavy (non-hydrogen) atoms. The first-order chi connectivity index (χ1) is 10.2. The lowest BCUT2D eigenvalue weighted by Crippen LogP contribution is -2.18. The van der Waals surface area contributed by atoms with Gasteiger partial charge in [-0.05, 0) is 56.2 Å². The lowest BCUT2D eigenvalue weighted by atomic mass is 10.1. The van der Waals surface area contributed by atoms with Crippen molar-refractivity contribution in [2.24, 2.45) is 0 Å². The van der Waals surface area contributed by atoms with E-state index in [1.807, 2.05) is 0 Å². The van der Waals surface area contributed by atoms with E-state index in [1.54, 1.807) is 0 Å². The molecule has 1 aromatic rings. The Morgan fingerprint density at radius 3 is 2.14 bits per heavy atom. The number of hydrogen-bond acceptors (Lipinski definition) is 2. The first kappa shape index (κ1) is 14.8. The number of nitrogens with one attached hydrogen (secondary N) is 1. The van der Waals surface area contributed by atoms with Crippen molar-refractivity contribution in [1.82, 2.24) is 5.32 Å². The molecule has 116 valence electrons. The molecule has 2 aliphatic rings. The molecule has 0 atom stereocenters. The maximum atomic E-state index is 14.1. The minimum Gasteiger partial charge on any atom is -0.484 e. The molecule has 2 nitrogen and oxygen atoms in total. The van der Waals surface area contributed by atoms with Crippen LogP contribution in [0, 0.1) is 11.6 Å². The van der Waals surface area contributed by atoms with E-state index in [2.05, 4.69) is 5.32 Å². The fourth-order valence-electron chi connectivity index (χ4n) is 2.90. The number of halogens is 2. The van der Waals surface area contributed by atoms with Crippen molar-refractivity contribution in [2.45, 2.75) is 70.1 Å². The molecule has 1 N–H and O–H groups in total. The average Bonchev–Trinajstić information content (AvgIpc) is 3.28. The molecule has 0 aliphatic heterocycles. The van der Waals surface area contributed by atoms with Gasteiger partial charge in [-0.2, -0.15) is 0 Å². The van der Waals surface area contributed by atoms with Gasteiger partial charge in [0.15, 0.2) is 17.4 Å². The average molecular weight is 295 g/mol. The van der Waals surface area contributed by atoms with Crippen LogP contribution in [-0.2, 0) is 6.54 Å². The molecule has 0 heterocycles. The summed E-state index contributed by atoms with van der Waals surface area (Å²) in [4.78, 5) is 0. The van der Waals surface area contributed by atoms with Crippen molar-refractivity contribution in [3.05, 3.63) is 29.3 Å². The van der Waals surface area contributed by atoms with Gasteiger partial charge < -0.3 is 10.1 Å². The fraction of sp³-hybridized carbons (Fsp3) is 0.647. The maximum absolute atomic E-state index is 14.1. The predicted octanol–water partition coefficient (Wildman–Crippen LogP) is 4.32. The smallest absolute Gasteiger partial charge is 0.191 e. The summed E-state index contributed by atoms with van der Waals surface area (Å²) in [5, 5.41) is 3.26. The highest BCUT2D eigenvalue weighted by Gasteiger charge is 2.22. The van der Waals surface area contributed by atoms with Crippen LogP contribution in [0.1, 0.15) is 56.9 Å². The summed E-state index contributed by atoms with van der Waals surface area (Å²) in [6.45, 7) is 0.516. The Morgan fingerprint density at radius 1 is 0.952 bits per heavy atom. The molecule has 0 aromatic heterocycles. The normalized spacial score (nSPS) is 20.3. The topological polar surface area (TPSA) is 21.3 Å². The number of benzene rings is 1. The largest absolute Gasteiger partial charge is 0.484 e. The van der Waals surface area contributed by atoms with E-state index in [4.69, 9.17) is 4.74 Å². The van der Waals surface area contributed by atoms with Crippen LogP contribution in [0.5, 0.6) is 5.75 Å². The monoisotopic (exact) mass is 295 g/mol. The van der Waals surface area contributed by atoms with E-state index in [0.717, 1.165) is 38.5 Å². The minimum absolute atomic E-state index is 0.0491. The Hall–Kier alpha value is -1.16. The molecule has 2 fully saturated rings. The third kappa shape index (κ3) is 4.16. The second-order valence-electron chi connectivity index (χ2n) is 6.28. The van der Waals surface area contributed by atoms with E-state index in [-0.39, 0.29) is 11.9 Å². The van der Waals surface area contributed by atoms with Crippen LogP contribution in [0.4, 0.5) is 8.78 Å². The fourth-order valence-corrected chi connectivity index (χ4v) is 2.90. The van der Waals surface area contributed by atoms with Crippen LogP contribution in [0.3, 0.4) is 0 Å². The zero-order chi connectivity index (χ0) is 14.7. The van der Waals surface area contributed by atoms with Gasteiger partial charge in [-0.1, -0.05) is 12.8 Å². The Bertz CT molecular complexity index is 457. The SMILES string of the molecule is Fc1cc(CNC2CC2)cc(F)c1OC1CCCCCC1. The molecule has 0 spiro atoms. The van der Waals surface area contributed by atoms with Crippen LogP contribution in [0.25, 0.3) is 0 Å². The van der Waals surface area contributed by atoms with Crippen molar-refractivity contribution in [3.63, 3.8) is 0 Å². The lowest BCUT2D eigenvalue weighted by Gasteiger charge is -2.18. The molecule has 3 rings (SSSR count). The third-order valence-corrected chi connectivity index (χ3v) is 4.32. The van der Waals surface area contributed by atoms with E-state index in [0.29, 0.717) is 18.2 Å². The molecule has 0 bridgehead atoms. The van der Waals surface area contributed by atoms with Crippen molar-refractivity contribution in [2.75, 3.05) is 0 Å². The van der Waals surface area contributed by atoms with E-state index < -0.39 is 11.6 Å². The summed E-state index contributed by atoms with van der Waals surface area (Å²) in [7, 11) is 0. The molecular formula is C17H23F2NO. The molecule has 0 saturated heterocycles. The van der Waals surface area contributed by atoms with Gasteiger partial charge in [-0.25, -0.2) is 8.78 Å². The van der Waals surface area contributed by atoms with Crippen molar-refractivity contribution in [3.8, 4) is 5.75 Å². The van der Waals surface area contributed by atoms with E-state index in [9.17, 15) is 8.78 Å². The Morgan fingerprint density at radius 2 is 1.57 bits per heavy atom. The van der Waals surface area contributed by atoms with E-state index >= 15 is 0 Å². The molecule has 0 unspecified atom stereocenters. The first-order valence-corrected chi connectivity index (χ1v) is 8.10. The summed E-state index contributed by atoms with van der Waals surface area (Å²) < 4.78 is 33.8. The Kier molecular flexibility index (Phi) is 4.73. The van der Waals surface area contributed by atoms with Crippen LogP contribution in [0.15, 0.2) is 12.1 Å². The molecular weight excluding hydrogens is 272 g/mol. The third-order valence-electron chi connectivity index (χ3n) is 4.32. The van der Waals surface area contributed by atoms with Gasteiger partial charge in [-0.15, -0.1) is 0 Å². The summed E-state index contributed by atoms with van der Waals surface area (Å²) in [6, 6.07) is 3.31.